The summed E-state index contributed by atoms with van der Waals surface area (Å²) in [5.74, 6) is -0.210. The fourth-order valence-corrected chi connectivity index (χ4v) is 6.48. The van der Waals surface area contributed by atoms with Crippen molar-refractivity contribution >= 4 is 47.3 Å². The number of alkyl halides is 2. The first-order valence-electron chi connectivity index (χ1n) is 12.2. The van der Waals surface area contributed by atoms with E-state index in [9.17, 15) is 4.79 Å². The summed E-state index contributed by atoms with van der Waals surface area (Å²) in [5, 5.41) is 0. The molecule has 5 heteroatoms. The second-order valence-electron chi connectivity index (χ2n) is 8.21. The molecular weight excluding hydrogens is 508 g/mol. The summed E-state index contributed by atoms with van der Waals surface area (Å²) < 4.78 is 5.74. The average Bonchev–Trinajstić information content (AvgIpc) is 2.69. The fraction of sp³-hybridized carbons (Fsp3) is 0.875. The molecule has 0 spiro atoms. The Morgan fingerprint density at radius 3 is 1.48 bits per heavy atom. The van der Waals surface area contributed by atoms with Crippen LogP contribution < -0.4 is 0 Å². The Labute approximate surface area is 200 Å². The van der Waals surface area contributed by atoms with Crippen molar-refractivity contribution in [1.82, 2.24) is 0 Å². The third-order valence-electron chi connectivity index (χ3n) is 5.36. The van der Waals surface area contributed by atoms with Gasteiger partial charge in [0.15, 0.2) is 0 Å². The van der Waals surface area contributed by atoms with Gasteiger partial charge in [0.25, 0.3) is 0 Å². The van der Waals surface area contributed by atoms with Gasteiger partial charge in [0.05, 0.1) is 9.97 Å². The quantitative estimate of drug-likeness (QED) is 0.0442. The van der Waals surface area contributed by atoms with Crippen LogP contribution in [0.4, 0.5) is 0 Å². The summed E-state index contributed by atoms with van der Waals surface area (Å²) in [5.41, 5.74) is 0. The Morgan fingerprint density at radius 2 is 1.10 bits per heavy atom. The number of carbonyl (C=O) groups is 1. The smallest absolute Gasteiger partial charge is 0.330 e. The molecule has 0 atom stereocenters. The zero-order chi connectivity index (χ0) is 21.4. The summed E-state index contributed by atoms with van der Waals surface area (Å²) >= 11 is 7.20. The van der Waals surface area contributed by atoms with Crippen molar-refractivity contribution in [2.24, 2.45) is 0 Å². The van der Waals surface area contributed by atoms with Gasteiger partial charge >= 0.3 is 5.97 Å². The van der Waals surface area contributed by atoms with Crippen LogP contribution in [0.2, 0.25) is 6.04 Å². The number of hydrogen-bond donors (Lipinski definition) is 0. The van der Waals surface area contributed by atoms with Crippen LogP contribution in [0.5, 0.6) is 0 Å². The topological polar surface area (TPSA) is 26.3 Å². The van der Waals surface area contributed by atoms with E-state index in [0.29, 0.717) is 9.97 Å². The number of hydrogen-bond acceptors (Lipinski definition) is 2. The number of allylic oxidation sites excluding steroid dienone is 1. The number of unbranched alkanes of at least 4 members (excludes halogenated alkanes) is 16. The molecule has 0 fully saturated rings. The molecule has 0 saturated heterocycles. The minimum atomic E-state index is -0.210. The zero-order valence-corrected chi connectivity index (χ0v) is 23.5. The van der Waals surface area contributed by atoms with Crippen molar-refractivity contribution in [3.05, 3.63) is 12.2 Å². The lowest BCUT2D eigenvalue weighted by Gasteiger charge is -2.04. The van der Waals surface area contributed by atoms with Gasteiger partial charge in [-0.25, -0.2) is 4.79 Å². The molecule has 0 bridgehead atoms. The van der Waals surface area contributed by atoms with Crippen LogP contribution in [0, 0.1) is 0 Å². The summed E-state index contributed by atoms with van der Waals surface area (Å²) in [6.07, 6.45) is 26.6. The predicted octanol–water partition coefficient (Wildman–Crippen LogP) is 8.40. The predicted molar refractivity (Wildman–Crippen MR) is 139 cm³/mol. The fourth-order valence-electron chi connectivity index (χ4n) is 3.59. The highest BCUT2D eigenvalue weighted by Crippen LogP contribution is 2.15. The standard InChI is InChI=1S/C24H46Br2O2Si/c1-2-20-23(27)28-21-18-16-14-12-10-8-6-4-3-5-7-9-11-13-15-17-19-22-29-24(25)26/h2,20,24H,3-19,21-22,29H2,1H3. The van der Waals surface area contributed by atoms with Gasteiger partial charge in [-0.2, -0.15) is 0 Å². The van der Waals surface area contributed by atoms with Crippen LogP contribution in [-0.4, -0.2) is 25.5 Å². The molecular formula is C24H46Br2O2Si. The molecule has 0 aliphatic rings. The molecule has 0 rings (SSSR count). The Bertz CT molecular complexity index is 376. The van der Waals surface area contributed by atoms with Crippen molar-refractivity contribution < 1.29 is 9.53 Å². The molecule has 0 aliphatic heterocycles. The van der Waals surface area contributed by atoms with Gasteiger partial charge in [-0.3, -0.25) is 0 Å². The van der Waals surface area contributed by atoms with Crippen molar-refractivity contribution in [2.45, 2.75) is 125 Å². The normalized spacial score (nSPS) is 12.0. The maximum atomic E-state index is 11.1. The summed E-state index contributed by atoms with van der Waals surface area (Å²) in [6, 6.07) is 1.48. The maximum Gasteiger partial charge on any atom is 0.330 e. The molecule has 0 aliphatic carbocycles. The highest BCUT2D eigenvalue weighted by molar-refractivity contribution is 9.25. The van der Waals surface area contributed by atoms with Crippen LogP contribution in [0.15, 0.2) is 12.2 Å². The Balaban J connectivity index is 3.06. The lowest BCUT2D eigenvalue weighted by atomic mass is 10.0. The molecule has 0 radical (unpaired) electrons. The van der Waals surface area contributed by atoms with Crippen LogP contribution in [0.1, 0.15) is 116 Å². The van der Waals surface area contributed by atoms with E-state index in [1.807, 2.05) is 6.92 Å². The molecule has 0 aromatic carbocycles. The van der Waals surface area contributed by atoms with Crippen molar-refractivity contribution in [1.29, 1.82) is 0 Å². The summed E-state index contributed by atoms with van der Waals surface area (Å²) in [7, 11) is 0.0905. The molecule has 0 aromatic heterocycles. The van der Waals surface area contributed by atoms with Crippen LogP contribution >= 0.6 is 31.9 Å². The first-order chi connectivity index (χ1) is 14.2. The third-order valence-corrected chi connectivity index (χ3v) is 9.46. The van der Waals surface area contributed by atoms with Gasteiger partial charge in [-0.1, -0.05) is 147 Å². The number of halogens is 2. The average molecular weight is 555 g/mol. The first-order valence-corrected chi connectivity index (χ1v) is 15.9. The van der Waals surface area contributed by atoms with E-state index >= 15 is 0 Å². The van der Waals surface area contributed by atoms with Gasteiger partial charge in [-0.15, -0.1) is 0 Å². The molecule has 0 N–H and O–H groups in total. The minimum Gasteiger partial charge on any atom is -0.463 e. The van der Waals surface area contributed by atoms with E-state index in [1.54, 1.807) is 6.08 Å². The zero-order valence-electron chi connectivity index (χ0n) is 18.9. The van der Waals surface area contributed by atoms with Crippen molar-refractivity contribution in [2.75, 3.05) is 6.61 Å². The SMILES string of the molecule is CC=CC(=O)OCCCCCCCCCCCCCCCCCCC[SiH2]C(Br)Br. The largest absolute Gasteiger partial charge is 0.463 e. The number of ether oxygens (including phenoxy) is 1. The van der Waals surface area contributed by atoms with E-state index in [0.717, 1.165) is 6.42 Å². The Kier molecular flexibility index (Phi) is 25.0. The van der Waals surface area contributed by atoms with Gasteiger partial charge in [0.1, 0.15) is 0 Å². The van der Waals surface area contributed by atoms with Crippen LogP contribution in [0.3, 0.4) is 0 Å². The second kappa shape index (κ2) is 24.7. The third kappa shape index (κ3) is 26.4. The second-order valence-corrected chi connectivity index (χ2v) is 16.1. The van der Waals surface area contributed by atoms with E-state index < -0.39 is 0 Å². The highest BCUT2D eigenvalue weighted by atomic mass is 79.9. The monoisotopic (exact) mass is 552 g/mol. The molecule has 0 aromatic rings. The van der Waals surface area contributed by atoms with E-state index in [4.69, 9.17) is 4.74 Å². The molecule has 0 heterocycles. The van der Waals surface area contributed by atoms with Gasteiger partial charge < -0.3 is 4.74 Å². The van der Waals surface area contributed by atoms with Crippen LogP contribution in [-0.2, 0) is 9.53 Å². The lowest BCUT2D eigenvalue weighted by molar-refractivity contribution is -0.137. The summed E-state index contributed by atoms with van der Waals surface area (Å²) in [4.78, 5) is 11.1. The molecule has 2 nitrogen and oxygen atoms in total. The molecule has 0 amide bonds. The van der Waals surface area contributed by atoms with Gasteiger partial charge in [0, 0.05) is 15.6 Å². The Morgan fingerprint density at radius 1 is 0.724 bits per heavy atom. The van der Waals surface area contributed by atoms with E-state index in [2.05, 4.69) is 31.9 Å². The van der Waals surface area contributed by atoms with E-state index in [-0.39, 0.29) is 15.5 Å². The number of esters is 1. The van der Waals surface area contributed by atoms with Crippen molar-refractivity contribution in [3.63, 3.8) is 0 Å². The molecule has 0 saturated carbocycles. The molecule has 0 unspecified atom stereocenters. The lowest BCUT2D eigenvalue weighted by Crippen LogP contribution is -2.01. The van der Waals surface area contributed by atoms with E-state index in [1.165, 1.54) is 115 Å². The van der Waals surface area contributed by atoms with Gasteiger partial charge in [0.2, 0.25) is 0 Å². The minimum absolute atomic E-state index is 0.0905. The molecule has 172 valence electrons. The van der Waals surface area contributed by atoms with Crippen LogP contribution in [0.25, 0.3) is 0 Å². The maximum absolute atomic E-state index is 11.1. The number of carbonyl (C=O) groups excluding carboxylic acids is 1. The molecule has 29 heavy (non-hydrogen) atoms. The highest BCUT2D eigenvalue weighted by Gasteiger charge is 1.99. The van der Waals surface area contributed by atoms with Gasteiger partial charge in [-0.05, 0) is 13.3 Å². The van der Waals surface area contributed by atoms with Crippen molar-refractivity contribution in [3.8, 4) is 0 Å². The Hall–Kier alpha value is 0.387. The summed E-state index contributed by atoms with van der Waals surface area (Å²) in [6.45, 7) is 2.40. The first kappa shape index (κ1) is 29.4. The number of rotatable bonds is 22.